The summed E-state index contributed by atoms with van der Waals surface area (Å²) < 4.78 is 40.2. The van der Waals surface area contributed by atoms with Crippen molar-refractivity contribution in [2.75, 3.05) is 13.1 Å². The molecule has 0 aromatic carbocycles. The molecule has 0 amide bonds. The molecule has 1 saturated heterocycles. The lowest BCUT2D eigenvalue weighted by molar-refractivity contribution is -0.185. The van der Waals surface area contributed by atoms with Crippen LogP contribution in [0.15, 0.2) is 10.7 Å². The Balaban J connectivity index is 1.89. The van der Waals surface area contributed by atoms with Gasteiger partial charge in [-0.25, -0.2) is 0 Å². The fourth-order valence-corrected chi connectivity index (χ4v) is 2.74. The third-order valence-electron chi connectivity index (χ3n) is 3.28. The summed E-state index contributed by atoms with van der Waals surface area (Å²) in [5, 5.41) is 4.28. The van der Waals surface area contributed by atoms with Crippen molar-refractivity contribution < 1.29 is 13.2 Å². The number of nitrogens with zero attached hydrogens (tertiary/aromatic N) is 3. The summed E-state index contributed by atoms with van der Waals surface area (Å²) in [7, 11) is 1.82. The lowest BCUT2D eigenvalue weighted by Gasteiger charge is -2.32. The van der Waals surface area contributed by atoms with Crippen LogP contribution in [-0.2, 0) is 13.6 Å². The average Bonchev–Trinajstić information content (AvgIpc) is 2.57. The number of alkyl halides is 3. The number of halogens is 4. The monoisotopic (exact) mass is 325 g/mol. The molecule has 1 aliphatic rings. The summed E-state index contributed by atoms with van der Waals surface area (Å²) in [4.78, 5) is 2.02. The van der Waals surface area contributed by atoms with Crippen molar-refractivity contribution in [3.05, 3.63) is 16.4 Å². The Bertz CT molecular complexity index is 408. The van der Waals surface area contributed by atoms with Crippen LogP contribution in [0.25, 0.3) is 0 Å². The highest BCUT2D eigenvalue weighted by Gasteiger charge is 2.41. The molecule has 0 unspecified atom stereocenters. The molecule has 7 heteroatoms. The number of likely N-dealkylation sites (tertiary alicyclic amines) is 1. The van der Waals surface area contributed by atoms with E-state index in [4.69, 9.17) is 0 Å². The van der Waals surface area contributed by atoms with Gasteiger partial charge >= 0.3 is 6.18 Å². The number of aryl methyl sites for hydroxylation is 1. The Hall–Kier alpha value is -0.560. The van der Waals surface area contributed by atoms with Crippen LogP contribution in [0.5, 0.6) is 0 Å². The molecule has 1 aliphatic heterocycles. The minimum atomic E-state index is -4.04. The second kappa shape index (κ2) is 5.21. The molecule has 102 valence electrons. The molecule has 0 aliphatic carbocycles. The summed E-state index contributed by atoms with van der Waals surface area (Å²) in [5.41, 5.74) is 0.878. The molecule has 1 aromatic rings. The topological polar surface area (TPSA) is 21.1 Å². The fourth-order valence-electron chi connectivity index (χ4n) is 2.24. The van der Waals surface area contributed by atoms with Gasteiger partial charge < -0.3 is 0 Å². The van der Waals surface area contributed by atoms with Crippen LogP contribution in [0.1, 0.15) is 18.5 Å². The van der Waals surface area contributed by atoms with Crippen molar-refractivity contribution >= 4 is 15.9 Å². The van der Waals surface area contributed by atoms with Crippen LogP contribution in [0.3, 0.4) is 0 Å². The molecule has 1 aromatic heterocycles. The largest absolute Gasteiger partial charge is 0.391 e. The van der Waals surface area contributed by atoms with Crippen LogP contribution in [-0.4, -0.2) is 33.9 Å². The third kappa shape index (κ3) is 3.26. The Labute approximate surface area is 112 Å². The first-order valence-electron chi connectivity index (χ1n) is 5.83. The summed E-state index contributed by atoms with van der Waals surface area (Å²) in [6.45, 7) is 1.56. The SMILES string of the molecule is Cn1cc(Br)c(CN2CCC(C(F)(F)F)CC2)n1. The lowest BCUT2D eigenvalue weighted by atomic mass is 9.96. The average molecular weight is 326 g/mol. The highest BCUT2D eigenvalue weighted by atomic mass is 79.9. The zero-order valence-electron chi connectivity index (χ0n) is 10.0. The number of hydrogen-bond donors (Lipinski definition) is 0. The molecule has 0 saturated carbocycles. The van der Waals surface area contributed by atoms with Gasteiger partial charge in [0.05, 0.1) is 16.1 Å². The van der Waals surface area contributed by atoms with Gasteiger partial charge in [0.25, 0.3) is 0 Å². The number of aromatic nitrogens is 2. The molecule has 0 bridgehead atoms. The molecule has 18 heavy (non-hydrogen) atoms. The first kappa shape index (κ1) is 13.9. The van der Waals surface area contributed by atoms with Gasteiger partial charge in [-0.1, -0.05) is 0 Å². The first-order valence-corrected chi connectivity index (χ1v) is 6.62. The van der Waals surface area contributed by atoms with Gasteiger partial charge in [0, 0.05) is 19.8 Å². The zero-order valence-corrected chi connectivity index (χ0v) is 11.6. The number of piperidine rings is 1. The second-order valence-corrected chi connectivity index (χ2v) is 5.54. The molecule has 0 radical (unpaired) electrons. The smallest absolute Gasteiger partial charge is 0.297 e. The highest BCUT2D eigenvalue weighted by Crippen LogP contribution is 2.34. The van der Waals surface area contributed by atoms with Gasteiger partial charge in [0.15, 0.2) is 0 Å². The summed E-state index contributed by atoms with van der Waals surface area (Å²) in [6.07, 6.45) is -1.82. The van der Waals surface area contributed by atoms with E-state index in [-0.39, 0.29) is 12.8 Å². The number of hydrogen-bond acceptors (Lipinski definition) is 2. The molecular weight excluding hydrogens is 311 g/mol. The molecule has 2 heterocycles. The summed E-state index contributed by atoms with van der Waals surface area (Å²) in [6, 6.07) is 0. The minimum absolute atomic E-state index is 0.188. The van der Waals surface area contributed by atoms with Crippen LogP contribution in [0.4, 0.5) is 13.2 Å². The predicted molar refractivity (Wildman–Crippen MR) is 65.0 cm³/mol. The predicted octanol–water partition coefficient (Wildman–Crippen LogP) is 2.96. The van der Waals surface area contributed by atoms with Gasteiger partial charge in [-0.15, -0.1) is 0 Å². The van der Waals surface area contributed by atoms with E-state index in [2.05, 4.69) is 21.0 Å². The van der Waals surface area contributed by atoms with E-state index in [0.29, 0.717) is 19.6 Å². The van der Waals surface area contributed by atoms with Gasteiger partial charge in [-0.05, 0) is 41.9 Å². The summed E-state index contributed by atoms with van der Waals surface area (Å²) in [5.74, 6) is -1.14. The molecule has 0 N–H and O–H groups in total. The lowest BCUT2D eigenvalue weighted by Crippen LogP contribution is -2.38. The van der Waals surface area contributed by atoms with Gasteiger partial charge in [0.1, 0.15) is 0 Å². The van der Waals surface area contributed by atoms with E-state index in [1.54, 1.807) is 4.68 Å². The van der Waals surface area contributed by atoms with Crippen LogP contribution >= 0.6 is 15.9 Å². The third-order valence-corrected chi connectivity index (χ3v) is 3.94. The van der Waals surface area contributed by atoms with Crippen LogP contribution in [0, 0.1) is 5.92 Å². The zero-order chi connectivity index (χ0) is 13.3. The Kier molecular flexibility index (Phi) is 4.01. The van der Waals surface area contributed by atoms with E-state index in [9.17, 15) is 13.2 Å². The van der Waals surface area contributed by atoms with Crippen LogP contribution < -0.4 is 0 Å². The van der Waals surface area contributed by atoms with Crippen molar-refractivity contribution in [1.29, 1.82) is 0 Å². The Morgan fingerprint density at radius 3 is 2.44 bits per heavy atom. The molecule has 3 nitrogen and oxygen atoms in total. The maximum atomic E-state index is 12.5. The maximum absolute atomic E-state index is 12.5. The van der Waals surface area contributed by atoms with Crippen molar-refractivity contribution in [2.24, 2.45) is 13.0 Å². The van der Waals surface area contributed by atoms with E-state index in [1.165, 1.54) is 0 Å². The van der Waals surface area contributed by atoms with E-state index >= 15 is 0 Å². The fraction of sp³-hybridized carbons (Fsp3) is 0.727. The molecule has 2 rings (SSSR count). The van der Waals surface area contributed by atoms with Crippen molar-refractivity contribution in [3.8, 4) is 0 Å². The number of rotatable bonds is 2. The van der Waals surface area contributed by atoms with Crippen molar-refractivity contribution in [1.82, 2.24) is 14.7 Å². The summed E-state index contributed by atoms with van der Waals surface area (Å²) >= 11 is 3.40. The van der Waals surface area contributed by atoms with E-state index in [0.717, 1.165) is 10.2 Å². The maximum Gasteiger partial charge on any atom is 0.391 e. The van der Waals surface area contributed by atoms with Gasteiger partial charge in [0.2, 0.25) is 0 Å². The normalized spacial score (nSPS) is 19.4. The van der Waals surface area contributed by atoms with Gasteiger partial charge in [-0.2, -0.15) is 18.3 Å². The first-order chi connectivity index (χ1) is 8.36. The van der Waals surface area contributed by atoms with Crippen LogP contribution in [0.2, 0.25) is 0 Å². The molecule has 0 atom stereocenters. The highest BCUT2D eigenvalue weighted by molar-refractivity contribution is 9.10. The van der Waals surface area contributed by atoms with E-state index in [1.807, 2.05) is 18.1 Å². The Morgan fingerprint density at radius 2 is 2.00 bits per heavy atom. The Morgan fingerprint density at radius 1 is 1.39 bits per heavy atom. The second-order valence-electron chi connectivity index (χ2n) is 4.69. The van der Waals surface area contributed by atoms with Gasteiger partial charge in [-0.3, -0.25) is 9.58 Å². The van der Waals surface area contributed by atoms with Crippen molar-refractivity contribution in [3.63, 3.8) is 0 Å². The van der Waals surface area contributed by atoms with Crippen molar-refractivity contribution in [2.45, 2.75) is 25.6 Å². The van der Waals surface area contributed by atoms with E-state index < -0.39 is 12.1 Å². The minimum Gasteiger partial charge on any atom is -0.297 e. The molecule has 1 fully saturated rings. The quantitative estimate of drug-likeness (QED) is 0.833. The standard InChI is InChI=1S/C11H15BrF3N3/c1-17-6-9(12)10(16-17)7-18-4-2-8(3-5-18)11(13,14)15/h6,8H,2-5,7H2,1H3. The molecule has 0 spiro atoms. The molecular formula is C11H15BrF3N3.